The second kappa shape index (κ2) is 9.00. The van der Waals surface area contributed by atoms with Gasteiger partial charge in [0.1, 0.15) is 11.5 Å². The first-order valence-corrected chi connectivity index (χ1v) is 11.9. The number of halogens is 1. The molecule has 1 aliphatic rings. The molecule has 0 radical (unpaired) electrons. The van der Waals surface area contributed by atoms with Crippen molar-refractivity contribution < 1.29 is 17.6 Å². The molecule has 0 bridgehead atoms. The Morgan fingerprint density at radius 3 is 2.31 bits per heavy atom. The SMILES string of the molecule is Cc1ccccc1NS(=O)(=O)c1ccc(C(=O)Nc2c(F)cccc2N2CCCC2)cc1. The van der Waals surface area contributed by atoms with Gasteiger partial charge in [0.05, 0.1) is 16.3 Å². The van der Waals surface area contributed by atoms with Crippen molar-refractivity contribution in [2.75, 3.05) is 28.0 Å². The number of anilines is 3. The zero-order valence-electron chi connectivity index (χ0n) is 17.6. The van der Waals surface area contributed by atoms with Gasteiger partial charge in [-0.25, -0.2) is 12.8 Å². The van der Waals surface area contributed by atoms with Gasteiger partial charge in [-0.15, -0.1) is 0 Å². The summed E-state index contributed by atoms with van der Waals surface area (Å²) in [5.74, 6) is -1.02. The number of carbonyl (C=O) groups is 1. The molecule has 0 unspecified atom stereocenters. The van der Waals surface area contributed by atoms with Gasteiger partial charge in [0.25, 0.3) is 15.9 Å². The number of hydrogen-bond donors (Lipinski definition) is 2. The van der Waals surface area contributed by atoms with Gasteiger partial charge in [0, 0.05) is 18.7 Å². The lowest BCUT2D eigenvalue weighted by Gasteiger charge is -2.22. The van der Waals surface area contributed by atoms with Crippen LogP contribution in [0.1, 0.15) is 28.8 Å². The Balaban J connectivity index is 1.53. The number of hydrogen-bond acceptors (Lipinski definition) is 4. The van der Waals surface area contributed by atoms with E-state index in [2.05, 4.69) is 10.0 Å². The predicted molar refractivity (Wildman–Crippen MR) is 124 cm³/mol. The van der Waals surface area contributed by atoms with Gasteiger partial charge in [-0.2, -0.15) is 0 Å². The molecule has 8 heteroatoms. The molecular formula is C24H24FN3O3S. The van der Waals surface area contributed by atoms with Crippen molar-refractivity contribution in [2.24, 2.45) is 0 Å². The lowest BCUT2D eigenvalue weighted by molar-refractivity contribution is 0.102. The van der Waals surface area contributed by atoms with Crippen molar-refractivity contribution in [3.05, 3.63) is 83.7 Å². The highest BCUT2D eigenvalue weighted by Crippen LogP contribution is 2.31. The Kier molecular flexibility index (Phi) is 6.14. The normalized spacial score (nSPS) is 13.8. The van der Waals surface area contributed by atoms with E-state index in [1.54, 1.807) is 24.3 Å². The molecule has 0 aliphatic carbocycles. The van der Waals surface area contributed by atoms with Crippen LogP contribution in [0.25, 0.3) is 0 Å². The molecular weight excluding hydrogens is 429 g/mol. The molecule has 0 spiro atoms. The number of carbonyl (C=O) groups excluding carboxylic acids is 1. The molecule has 6 nitrogen and oxygen atoms in total. The first kappa shape index (κ1) is 21.8. The van der Waals surface area contributed by atoms with Gasteiger partial charge >= 0.3 is 0 Å². The molecule has 1 fully saturated rings. The fraction of sp³-hybridized carbons (Fsp3) is 0.208. The molecule has 166 valence electrons. The zero-order chi connectivity index (χ0) is 22.7. The third-order valence-electron chi connectivity index (χ3n) is 5.49. The molecule has 4 rings (SSSR count). The van der Waals surface area contributed by atoms with E-state index in [9.17, 15) is 17.6 Å². The number of benzene rings is 3. The highest BCUT2D eigenvalue weighted by molar-refractivity contribution is 7.92. The minimum absolute atomic E-state index is 0.0287. The second-order valence-electron chi connectivity index (χ2n) is 7.73. The van der Waals surface area contributed by atoms with Crippen LogP contribution in [-0.2, 0) is 10.0 Å². The third kappa shape index (κ3) is 4.60. The third-order valence-corrected chi connectivity index (χ3v) is 6.87. The molecule has 1 amide bonds. The van der Waals surface area contributed by atoms with E-state index in [4.69, 9.17) is 0 Å². The lowest BCUT2D eigenvalue weighted by Crippen LogP contribution is -2.22. The summed E-state index contributed by atoms with van der Waals surface area (Å²) in [5, 5.41) is 2.66. The lowest BCUT2D eigenvalue weighted by atomic mass is 10.2. The number of nitrogens with one attached hydrogen (secondary N) is 2. The van der Waals surface area contributed by atoms with Crippen LogP contribution in [-0.4, -0.2) is 27.4 Å². The van der Waals surface area contributed by atoms with E-state index in [0.717, 1.165) is 31.5 Å². The monoisotopic (exact) mass is 453 g/mol. The summed E-state index contributed by atoms with van der Waals surface area (Å²) < 4.78 is 42.5. The molecule has 0 aromatic heterocycles. The maximum atomic E-state index is 14.5. The Hall–Kier alpha value is -3.39. The van der Waals surface area contributed by atoms with Crippen LogP contribution < -0.4 is 14.9 Å². The van der Waals surface area contributed by atoms with Crippen molar-refractivity contribution >= 4 is 33.0 Å². The standard InChI is InChI=1S/C24H24FN3O3S/c1-17-7-2-3-9-21(17)27-32(30,31)19-13-11-18(12-14-19)24(29)26-23-20(25)8-6-10-22(23)28-15-4-5-16-28/h2-3,6-14,27H,4-5,15-16H2,1H3,(H,26,29). The van der Waals surface area contributed by atoms with Crippen molar-refractivity contribution in [3.8, 4) is 0 Å². The molecule has 3 aromatic carbocycles. The summed E-state index contributed by atoms with van der Waals surface area (Å²) in [6, 6.07) is 17.3. The fourth-order valence-corrected chi connectivity index (χ4v) is 4.85. The van der Waals surface area contributed by atoms with Gasteiger partial charge in [0.15, 0.2) is 0 Å². The number of nitrogens with zero attached hydrogens (tertiary/aromatic N) is 1. The largest absolute Gasteiger partial charge is 0.370 e. The minimum atomic E-state index is -3.81. The number of sulfonamides is 1. The van der Waals surface area contributed by atoms with Gasteiger partial charge < -0.3 is 10.2 Å². The second-order valence-corrected chi connectivity index (χ2v) is 9.41. The van der Waals surface area contributed by atoms with Crippen LogP contribution >= 0.6 is 0 Å². The van der Waals surface area contributed by atoms with E-state index >= 15 is 0 Å². The first-order valence-electron chi connectivity index (χ1n) is 10.4. The number of amides is 1. The summed E-state index contributed by atoms with van der Waals surface area (Å²) in [6.45, 7) is 3.43. The maximum Gasteiger partial charge on any atom is 0.261 e. The van der Waals surface area contributed by atoms with Crippen molar-refractivity contribution in [1.82, 2.24) is 0 Å². The number of para-hydroxylation sites is 2. The zero-order valence-corrected chi connectivity index (χ0v) is 18.5. The van der Waals surface area contributed by atoms with Crippen LogP contribution in [0.2, 0.25) is 0 Å². The topological polar surface area (TPSA) is 78.5 Å². The van der Waals surface area contributed by atoms with Gasteiger partial charge in [-0.1, -0.05) is 24.3 Å². The highest BCUT2D eigenvalue weighted by Gasteiger charge is 2.21. The minimum Gasteiger partial charge on any atom is -0.370 e. The van der Waals surface area contributed by atoms with Crippen molar-refractivity contribution in [1.29, 1.82) is 0 Å². The molecule has 0 atom stereocenters. The highest BCUT2D eigenvalue weighted by atomic mass is 32.2. The van der Waals surface area contributed by atoms with E-state index in [1.807, 2.05) is 24.0 Å². The van der Waals surface area contributed by atoms with Gasteiger partial charge in [-0.05, 0) is 67.8 Å². The first-order chi connectivity index (χ1) is 15.3. The van der Waals surface area contributed by atoms with E-state index in [1.165, 1.54) is 30.3 Å². The molecule has 2 N–H and O–H groups in total. The molecule has 0 saturated carbocycles. The van der Waals surface area contributed by atoms with Crippen molar-refractivity contribution in [2.45, 2.75) is 24.7 Å². The summed E-state index contributed by atoms with van der Waals surface area (Å²) in [7, 11) is -3.81. The van der Waals surface area contributed by atoms with Gasteiger partial charge in [-0.3, -0.25) is 9.52 Å². The smallest absolute Gasteiger partial charge is 0.261 e. The number of aryl methyl sites for hydroxylation is 1. The van der Waals surface area contributed by atoms with E-state index in [0.29, 0.717) is 11.4 Å². The average Bonchev–Trinajstić information content (AvgIpc) is 3.31. The average molecular weight is 454 g/mol. The van der Waals surface area contributed by atoms with Crippen LogP contribution in [0, 0.1) is 12.7 Å². The van der Waals surface area contributed by atoms with Crippen LogP contribution in [0.4, 0.5) is 21.5 Å². The Labute approximate surface area is 187 Å². The summed E-state index contributed by atoms with van der Waals surface area (Å²) >= 11 is 0. The summed E-state index contributed by atoms with van der Waals surface area (Å²) in [5.41, 5.74) is 2.30. The predicted octanol–water partition coefficient (Wildman–Crippen LogP) is 4.79. The van der Waals surface area contributed by atoms with Crippen molar-refractivity contribution in [3.63, 3.8) is 0 Å². The maximum absolute atomic E-state index is 14.5. The van der Waals surface area contributed by atoms with Crippen LogP contribution in [0.15, 0.2) is 71.6 Å². The van der Waals surface area contributed by atoms with E-state index in [-0.39, 0.29) is 16.1 Å². The molecule has 3 aromatic rings. The molecule has 1 heterocycles. The molecule has 1 saturated heterocycles. The number of rotatable bonds is 6. The quantitative estimate of drug-likeness (QED) is 0.563. The summed E-state index contributed by atoms with van der Waals surface area (Å²) in [4.78, 5) is 14.8. The van der Waals surface area contributed by atoms with Gasteiger partial charge in [0.2, 0.25) is 0 Å². The Morgan fingerprint density at radius 1 is 0.938 bits per heavy atom. The summed E-state index contributed by atoms with van der Waals surface area (Å²) in [6.07, 6.45) is 2.05. The van der Waals surface area contributed by atoms with Crippen LogP contribution in [0.3, 0.4) is 0 Å². The Morgan fingerprint density at radius 2 is 1.62 bits per heavy atom. The fourth-order valence-electron chi connectivity index (χ4n) is 3.72. The molecule has 1 aliphatic heterocycles. The Bertz CT molecular complexity index is 1240. The van der Waals surface area contributed by atoms with E-state index < -0.39 is 21.7 Å². The molecule has 32 heavy (non-hydrogen) atoms. The van der Waals surface area contributed by atoms with Crippen LogP contribution in [0.5, 0.6) is 0 Å².